The van der Waals surface area contributed by atoms with Gasteiger partial charge in [0.2, 0.25) is 5.89 Å². The average Bonchev–Trinajstić information content (AvgIpc) is 3.30. The van der Waals surface area contributed by atoms with Crippen molar-refractivity contribution < 1.29 is 18.5 Å². The molecule has 1 aliphatic rings. The molecule has 1 fully saturated rings. The second-order valence-corrected chi connectivity index (χ2v) is 6.53. The molecule has 2 aromatic heterocycles. The van der Waals surface area contributed by atoms with Crippen molar-refractivity contribution in [2.24, 2.45) is 5.92 Å². The Kier molecular flexibility index (Phi) is 5.70. The molecule has 0 bridgehead atoms. The Morgan fingerprint density at radius 1 is 1.36 bits per heavy atom. The van der Waals surface area contributed by atoms with E-state index >= 15 is 0 Å². The minimum absolute atomic E-state index is 0.169. The molecule has 2 amide bonds. The van der Waals surface area contributed by atoms with Crippen molar-refractivity contribution in [1.29, 1.82) is 0 Å². The van der Waals surface area contributed by atoms with Gasteiger partial charge in [-0.3, -0.25) is 0 Å². The largest absolute Gasteiger partial charge is 0.472 e. The summed E-state index contributed by atoms with van der Waals surface area (Å²) in [6.07, 6.45) is 4.85. The number of amides is 2. The van der Waals surface area contributed by atoms with Crippen molar-refractivity contribution in [3.8, 4) is 0 Å². The number of hydrogen-bond donors (Lipinski definition) is 2. The monoisotopic (exact) mass is 348 g/mol. The van der Waals surface area contributed by atoms with Crippen LogP contribution < -0.4 is 10.6 Å². The van der Waals surface area contributed by atoms with Gasteiger partial charge >= 0.3 is 6.03 Å². The van der Waals surface area contributed by atoms with E-state index in [0.717, 1.165) is 18.4 Å². The molecule has 1 aliphatic heterocycles. The molecule has 3 heterocycles. The van der Waals surface area contributed by atoms with Crippen LogP contribution >= 0.6 is 0 Å². The Bertz CT molecular complexity index is 662. The number of nitrogens with one attached hydrogen (secondary N) is 2. The summed E-state index contributed by atoms with van der Waals surface area (Å²) in [7, 11) is 0. The molecule has 3 rings (SSSR count). The Morgan fingerprint density at radius 2 is 2.16 bits per heavy atom. The maximum Gasteiger partial charge on any atom is 0.315 e. The van der Waals surface area contributed by atoms with E-state index in [1.807, 2.05) is 19.9 Å². The van der Waals surface area contributed by atoms with Gasteiger partial charge < -0.3 is 24.3 Å². The molecule has 0 radical (unpaired) electrons. The molecule has 1 atom stereocenters. The average molecular weight is 348 g/mol. The summed E-state index contributed by atoms with van der Waals surface area (Å²) >= 11 is 0. The van der Waals surface area contributed by atoms with Crippen molar-refractivity contribution >= 4 is 6.03 Å². The molecule has 2 N–H and O–H groups in total. The van der Waals surface area contributed by atoms with Gasteiger partial charge in [-0.15, -0.1) is 0 Å². The van der Waals surface area contributed by atoms with Crippen LogP contribution in [0.4, 0.5) is 4.79 Å². The number of carbonyl (C=O) groups excluding carboxylic acids is 1. The second kappa shape index (κ2) is 8.15. The molecule has 0 saturated carbocycles. The molecule has 0 aliphatic carbocycles. The summed E-state index contributed by atoms with van der Waals surface area (Å²) in [6, 6.07) is 1.21. The highest BCUT2D eigenvalue weighted by atomic mass is 16.5. The third-order valence-corrected chi connectivity index (χ3v) is 4.30. The van der Waals surface area contributed by atoms with E-state index in [9.17, 15) is 4.79 Å². The molecule has 0 spiro atoms. The minimum Gasteiger partial charge on any atom is -0.472 e. The van der Waals surface area contributed by atoms with Crippen molar-refractivity contribution in [2.75, 3.05) is 13.2 Å². The lowest BCUT2D eigenvalue weighted by Crippen LogP contribution is -2.41. The number of ether oxygens (including phenoxy) is 1. The fourth-order valence-corrected chi connectivity index (χ4v) is 2.81. The van der Waals surface area contributed by atoms with E-state index < -0.39 is 0 Å². The SMILES string of the molecule is CC(C)c1noc(C(NC(=O)NCc2ccoc2)C2CCOCC2)n1. The number of furan rings is 1. The van der Waals surface area contributed by atoms with Gasteiger partial charge in [-0.05, 0) is 24.8 Å². The third-order valence-electron chi connectivity index (χ3n) is 4.30. The summed E-state index contributed by atoms with van der Waals surface area (Å²) in [5, 5.41) is 9.83. The number of nitrogens with zero attached hydrogens (tertiary/aromatic N) is 2. The Balaban J connectivity index is 1.67. The number of carbonyl (C=O) groups is 1. The Hall–Kier alpha value is -2.35. The van der Waals surface area contributed by atoms with E-state index in [1.54, 1.807) is 12.5 Å². The van der Waals surface area contributed by atoms with Crippen LogP contribution in [-0.4, -0.2) is 29.4 Å². The summed E-state index contributed by atoms with van der Waals surface area (Å²) in [4.78, 5) is 16.8. The zero-order valence-electron chi connectivity index (χ0n) is 14.5. The number of urea groups is 1. The lowest BCUT2D eigenvalue weighted by molar-refractivity contribution is 0.0503. The maximum atomic E-state index is 12.3. The Morgan fingerprint density at radius 3 is 2.80 bits per heavy atom. The van der Waals surface area contributed by atoms with Crippen molar-refractivity contribution in [3.05, 3.63) is 35.9 Å². The molecule has 2 aromatic rings. The molecule has 136 valence electrons. The first-order valence-electron chi connectivity index (χ1n) is 8.60. The van der Waals surface area contributed by atoms with E-state index in [4.69, 9.17) is 13.7 Å². The molecule has 1 unspecified atom stereocenters. The van der Waals surface area contributed by atoms with Crippen LogP contribution in [-0.2, 0) is 11.3 Å². The fourth-order valence-electron chi connectivity index (χ4n) is 2.81. The molecule has 1 saturated heterocycles. The van der Waals surface area contributed by atoms with Gasteiger partial charge in [0.25, 0.3) is 0 Å². The van der Waals surface area contributed by atoms with Crippen molar-refractivity contribution in [2.45, 2.75) is 45.2 Å². The van der Waals surface area contributed by atoms with Gasteiger partial charge in [-0.1, -0.05) is 19.0 Å². The smallest absolute Gasteiger partial charge is 0.315 e. The minimum atomic E-state index is -0.326. The molecular weight excluding hydrogens is 324 g/mol. The van der Waals surface area contributed by atoms with E-state index in [1.165, 1.54) is 0 Å². The first-order chi connectivity index (χ1) is 12.1. The third kappa shape index (κ3) is 4.60. The fraction of sp³-hybridized carbons (Fsp3) is 0.588. The molecule has 25 heavy (non-hydrogen) atoms. The highest BCUT2D eigenvalue weighted by Gasteiger charge is 2.31. The summed E-state index contributed by atoms with van der Waals surface area (Å²) in [6.45, 7) is 5.74. The maximum absolute atomic E-state index is 12.3. The van der Waals surface area contributed by atoms with Crippen molar-refractivity contribution in [1.82, 2.24) is 20.8 Å². The number of aromatic nitrogens is 2. The van der Waals surface area contributed by atoms with Gasteiger partial charge in [0.1, 0.15) is 6.04 Å². The van der Waals surface area contributed by atoms with Gasteiger partial charge in [0.05, 0.1) is 12.5 Å². The zero-order valence-corrected chi connectivity index (χ0v) is 14.5. The number of hydrogen-bond acceptors (Lipinski definition) is 6. The second-order valence-electron chi connectivity index (χ2n) is 6.53. The van der Waals surface area contributed by atoms with Crippen LogP contribution in [0.25, 0.3) is 0 Å². The van der Waals surface area contributed by atoms with Gasteiger partial charge in [-0.25, -0.2) is 4.79 Å². The first-order valence-corrected chi connectivity index (χ1v) is 8.60. The van der Waals surface area contributed by atoms with Crippen molar-refractivity contribution in [3.63, 3.8) is 0 Å². The van der Waals surface area contributed by atoms with E-state index in [2.05, 4.69) is 20.8 Å². The standard InChI is InChI=1S/C17H24N4O4/c1-11(2)15-20-16(25-21-15)14(13-4-7-23-8-5-13)19-17(22)18-9-12-3-6-24-10-12/h3,6,10-11,13-14H,4-5,7-9H2,1-2H3,(H2,18,19,22). The zero-order chi connectivity index (χ0) is 17.6. The van der Waals surface area contributed by atoms with E-state index in [-0.39, 0.29) is 23.9 Å². The molecular formula is C17H24N4O4. The number of rotatable bonds is 6. The highest BCUT2D eigenvalue weighted by Crippen LogP contribution is 2.29. The highest BCUT2D eigenvalue weighted by molar-refractivity contribution is 5.74. The molecule has 0 aromatic carbocycles. The normalized spacial score (nSPS) is 16.8. The summed E-state index contributed by atoms with van der Waals surface area (Å²) < 4.78 is 15.9. The lowest BCUT2D eigenvalue weighted by atomic mass is 9.91. The van der Waals surface area contributed by atoms with Crippen LogP contribution in [0.3, 0.4) is 0 Å². The molecule has 8 heteroatoms. The van der Waals surface area contributed by atoms with E-state index in [0.29, 0.717) is 31.5 Å². The quantitative estimate of drug-likeness (QED) is 0.832. The first kappa shape index (κ1) is 17.5. The molecule has 8 nitrogen and oxygen atoms in total. The van der Waals surface area contributed by atoms with Crippen LogP contribution in [0, 0.1) is 5.92 Å². The van der Waals surface area contributed by atoms with Gasteiger partial charge in [0, 0.05) is 31.2 Å². The van der Waals surface area contributed by atoms with Gasteiger partial charge in [-0.2, -0.15) is 4.98 Å². The van der Waals surface area contributed by atoms with Crippen LogP contribution in [0.1, 0.15) is 55.9 Å². The van der Waals surface area contributed by atoms with Gasteiger partial charge in [0.15, 0.2) is 5.82 Å². The topological polar surface area (TPSA) is 102 Å². The van der Waals surface area contributed by atoms with Crippen LogP contribution in [0.15, 0.2) is 27.5 Å². The summed E-state index contributed by atoms with van der Waals surface area (Å²) in [5.41, 5.74) is 0.901. The Labute approximate surface area is 146 Å². The predicted octanol–water partition coefficient (Wildman–Crippen LogP) is 2.75. The lowest BCUT2D eigenvalue weighted by Gasteiger charge is -2.28. The predicted molar refractivity (Wildman–Crippen MR) is 88.8 cm³/mol. The van der Waals surface area contributed by atoms with Crippen LogP contribution in [0.2, 0.25) is 0 Å². The van der Waals surface area contributed by atoms with Crippen LogP contribution in [0.5, 0.6) is 0 Å². The summed E-state index contributed by atoms with van der Waals surface area (Å²) in [5.74, 6) is 1.47.